The van der Waals surface area contributed by atoms with Gasteiger partial charge in [-0.2, -0.15) is 15.0 Å². The molecule has 0 fully saturated rings. The molecule has 0 bridgehead atoms. The molecule has 0 aliphatic rings. The smallest absolute Gasteiger partial charge is 0.269 e. The number of hydrogen-bond acceptors (Lipinski definition) is 8. The van der Waals surface area contributed by atoms with Gasteiger partial charge in [0.05, 0.1) is 11.5 Å². The lowest BCUT2D eigenvalue weighted by molar-refractivity contribution is -0.384. The minimum Gasteiger partial charge on any atom is -0.368 e. The lowest BCUT2D eigenvalue weighted by Crippen LogP contribution is -2.20. The molecule has 11 heteroatoms. The van der Waals surface area contributed by atoms with E-state index in [0.717, 1.165) is 0 Å². The summed E-state index contributed by atoms with van der Waals surface area (Å²) in [7, 11) is 1.79. The van der Waals surface area contributed by atoms with E-state index in [1.165, 1.54) is 30.3 Å². The maximum atomic E-state index is 13.0. The molecule has 3 aromatic rings. The Morgan fingerprint density at radius 2 is 1.90 bits per heavy atom. The first-order valence-electron chi connectivity index (χ1n) is 8.44. The Bertz CT molecular complexity index is 1030. The molecule has 0 saturated carbocycles. The van der Waals surface area contributed by atoms with Gasteiger partial charge in [0.1, 0.15) is 11.6 Å². The summed E-state index contributed by atoms with van der Waals surface area (Å²) in [5.74, 6) is 0.293. The van der Waals surface area contributed by atoms with Crippen molar-refractivity contribution in [2.75, 3.05) is 18.1 Å². The van der Waals surface area contributed by atoms with Crippen LogP contribution in [0.2, 0.25) is 5.02 Å². The van der Waals surface area contributed by atoms with Crippen LogP contribution in [0.1, 0.15) is 11.4 Å². The van der Waals surface area contributed by atoms with E-state index in [4.69, 9.17) is 17.3 Å². The molecule has 3 rings (SSSR count). The number of benzene rings is 2. The molecule has 0 aliphatic carbocycles. The lowest BCUT2D eigenvalue weighted by atomic mass is 10.2. The van der Waals surface area contributed by atoms with Crippen LogP contribution in [0.4, 0.5) is 27.7 Å². The first-order chi connectivity index (χ1) is 13.8. The number of nitro groups is 1. The monoisotopic (exact) mass is 417 g/mol. The lowest BCUT2D eigenvalue weighted by Gasteiger charge is -2.17. The summed E-state index contributed by atoms with van der Waals surface area (Å²) in [6.07, 6.45) is 0. The Kier molecular flexibility index (Phi) is 6.15. The summed E-state index contributed by atoms with van der Waals surface area (Å²) in [5, 5.41) is 14.3. The van der Waals surface area contributed by atoms with E-state index < -0.39 is 4.92 Å². The molecule has 3 N–H and O–H groups in total. The minimum absolute atomic E-state index is 0.0291. The first-order valence-corrected chi connectivity index (χ1v) is 8.82. The van der Waals surface area contributed by atoms with E-state index in [9.17, 15) is 14.5 Å². The van der Waals surface area contributed by atoms with E-state index in [0.29, 0.717) is 35.2 Å². The van der Waals surface area contributed by atoms with Crippen molar-refractivity contribution in [3.8, 4) is 0 Å². The van der Waals surface area contributed by atoms with Gasteiger partial charge in [-0.05, 0) is 42.9 Å². The molecule has 1 heterocycles. The van der Waals surface area contributed by atoms with Crippen molar-refractivity contribution < 1.29 is 9.31 Å². The van der Waals surface area contributed by atoms with E-state index in [1.54, 1.807) is 19.2 Å². The number of nitrogens with two attached hydrogens (primary N) is 1. The predicted molar refractivity (Wildman–Crippen MR) is 107 cm³/mol. The maximum Gasteiger partial charge on any atom is 0.269 e. The number of nitrogens with one attached hydrogen (secondary N) is 1. The van der Waals surface area contributed by atoms with Crippen molar-refractivity contribution in [3.05, 3.63) is 74.8 Å². The van der Waals surface area contributed by atoms with E-state index in [1.807, 2.05) is 4.90 Å². The molecule has 0 aliphatic heterocycles. The van der Waals surface area contributed by atoms with Gasteiger partial charge in [0, 0.05) is 29.4 Å². The van der Waals surface area contributed by atoms with Crippen molar-refractivity contribution in [2.45, 2.75) is 13.1 Å². The van der Waals surface area contributed by atoms with E-state index >= 15 is 0 Å². The molecule has 0 unspecified atom stereocenters. The van der Waals surface area contributed by atoms with Gasteiger partial charge >= 0.3 is 0 Å². The molecule has 0 radical (unpaired) electrons. The molecule has 0 atom stereocenters. The van der Waals surface area contributed by atoms with Crippen molar-refractivity contribution in [1.82, 2.24) is 19.9 Å². The van der Waals surface area contributed by atoms with Crippen LogP contribution in [0, 0.1) is 15.9 Å². The largest absolute Gasteiger partial charge is 0.368 e. The minimum atomic E-state index is -0.472. The Morgan fingerprint density at radius 3 is 2.59 bits per heavy atom. The molecule has 0 saturated heterocycles. The second-order valence-corrected chi connectivity index (χ2v) is 6.68. The number of nitro benzene ring substituents is 1. The second-order valence-electron chi connectivity index (χ2n) is 6.27. The topological polar surface area (TPSA) is 123 Å². The number of nitrogen functional groups attached to an aromatic ring is 1. The van der Waals surface area contributed by atoms with E-state index in [2.05, 4.69) is 20.3 Å². The number of anilines is 3. The molecular weight excluding hydrogens is 401 g/mol. The number of non-ortho nitro benzene ring substituents is 1. The number of halogens is 2. The summed E-state index contributed by atoms with van der Waals surface area (Å²) in [6, 6.07) is 9.99. The zero-order chi connectivity index (χ0) is 21.0. The fraction of sp³-hybridized carbons (Fsp3) is 0.167. The third-order valence-corrected chi connectivity index (χ3v) is 4.26. The highest BCUT2D eigenvalue weighted by atomic mass is 35.5. The van der Waals surface area contributed by atoms with Gasteiger partial charge in [0.15, 0.2) is 0 Å². The molecular formula is C18H17ClFN7O2. The quantitative estimate of drug-likeness (QED) is 0.442. The average molecular weight is 418 g/mol. The highest BCUT2D eigenvalue weighted by molar-refractivity contribution is 6.31. The summed E-state index contributed by atoms with van der Waals surface area (Å²) >= 11 is 6.15. The summed E-state index contributed by atoms with van der Waals surface area (Å²) in [6.45, 7) is 0.636. The maximum absolute atomic E-state index is 13.0. The second kappa shape index (κ2) is 8.76. The van der Waals surface area contributed by atoms with E-state index in [-0.39, 0.29) is 23.4 Å². The van der Waals surface area contributed by atoms with Crippen LogP contribution in [0.15, 0.2) is 42.5 Å². The number of aromatic nitrogens is 3. The van der Waals surface area contributed by atoms with Gasteiger partial charge in [-0.3, -0.25) is 15.0 Å². The van der Waals surface area contributed by atoms with Crippen LogP contribution < -0.4 is 11.1 Å². The van der Waals surface area contributed by atoms with Crippen molar-refractivity contribution in [1.29, 1.82) is 0 Å². The van der Waals surface area contributed by atoms with Crippen LogP contribution in [0.3, 0.4) is 0 Å². The van der Waals surface area contributed by atoms with Gasteiger partial charge in [-0.1, -0.05) is 11.6 Å². The summed E-state index contributed by atoms with van der Waals surface area (Å²) < 4.78 is 13.0. The molecule has 150 valence electrons. The van der Waals surface area contributed by atoms with Crippen LogP contribution in [0.5, 0.6) is 0 Å². The van der Waals surface area contributed by atoms with Crippen LogP contribution >= 0.6 is 11.6 Å². The van der Waals surface area contributed by atoms with Gasteiger partial charge in [-0.25, -0.2) is 4.39 Å². The fourth-order valence-electron chi connectivity index (χ4n) is 2.61. The average Bonchev–Trinajstić information content (AvgIpc) is 2.64. The molecule has 0 amide bonds. The van der Waals surface area contributed by atoms with Gasteiger partial charge in [0.2, 0.25) is 11.9 Å². The summed E-state index contributed by atoms with van der Waals surface area (Å²) in [4.78, 5) is 24.8. The van der Waals surface area contributed by atoms with Crippen molar-refractivity contribution >= 4 is 34.9 Å². The van der Waals surface area contributed by atoms with Crippen LogP contribution in [0.25, 0.3) is 0 Å². The third kappa shape index (κ3) is 5.56. The Balaban J connectivity index is 1.72. The summed E-state index contributed by atoms with van der Waals surface area (Å²) in [5.41, 5.74) is 6.94. The van der Waals surface area contributed by atoms with Gasteiger partial charge < -0.3 is 11.1 Å². The fourth-order valence-corrected chi connectivity index (χ4v) is 2.79. The molecule has 1 aromatic heterocycles. The Morgan fingerprint density at radius 1 is 1.17 bits per heavy atom. The number of rotatable bonds is 7. The SMILES string of the molecule is CN(Cc1nc(N)nc(Nc2ccc(F)cc2)n1)Cc1cc([N+](=O)[O-])ccc1Cl. The Labute approximate surface area is 170 Å². The highest BCUT2D eigenvalue weighted by Gasteiger charge is 2.13. The number of hydrogen-bond donors (Lipinski definition) is 2. The molecule has 2 aromatic carbocycles. The first kappa shape index (κ1) is 20.4. The van der Waals surface area contributed by atoms with Crippen molar-refractivity contribution in [2.24, 2.45) is 0 Å². The van der Waals surface area contributed by atoms with Crippen LogP contribution in [-0.4, -0.2) is 31.8 Å². The number of nitrogens with zero attached hydrogens (tertiary/aromatic N) is 5. The Hall–Kier alpha value is -3.37. The molecule has 0 spiro atoms. The standard InChI is InChI=1S/C18H17ClFN7O2/c1-26(9-11-8-14(27(28)29)6-7-15(11)19)10-16-23-17(21)25-18(24-16)22-13-4-2-12(20)3-5-13/h2-8H,9-10H2,1H3,(H3,21,22,23,24,25). The van der Waals surface area contributed by atoms with Gasteiger partial charge in [-0.15, -0.1) is 0 Å². The zero-order valence-electron chi connectivity index (χ0n) is 15.3. The zero-order valence-corrected chi connectivity index (χ0v) is 16.1. The predicted octanol–water partition coefficient (Wildman–Crippen LogP) is 3.53. The van der Waals surface area contributed by atoms with Crippen LogP contribution in [-0.2, 0) is 13.1 Å². The highest BCUT2D eigenvalue weighted by Crippen LogP contribution is 2.23. The van der Waals surface area contributed by atoms with Gasteiger partial charge in [0.25, 0.3) is 5.69 Å². The third-order valence-electron chi connectivity index (χ3n) is 3.89. The molecule has 29 heavy (non-hydrogen) atoms. The van der Waals surface area contributed by atoms with Crippen molar-refractivity contribution in [3.63, 3.8) is 0 Å². The normalized spacial score (nSPS) is 10.9. The molecule has 9 nitrogen and oxygen atoms in total.